The van der Waals surface area contributed by atoms with Crippen LogP contribution >= 0.6 is 0 Å². The van der Waals surface area contributed by atoms with Gasteiger partial charge in [-0.3, -0.25) is 4.79 Å². The summed E-state index contributed by atoms with van der Waals surface area (Å²) in [6, 6.07) is 24.5. The Kier molecular flexibility index (Phi) is 5.76. The van der Waals surface area contributed by atoms with Gasteiger partial charge < -0.3 is 10.1 Å². The lowest BCUT2D eigenvalue weighted by molar-refractivity contribution is -0.119. The van der Waals surface area contributed by atoms with Gasteiger partial charge in [-0.2, -0.15) is 0 Å². The second-order valence-corrected chi connectivity index (χ2v) is 7.33. The maximum absolute atomic E-state index is 13.0. The molecule has 1 heterocycles. The highest BCUT2D eigenvalue weighted by molar-refractivity contribution is 6.07. The summed E-state index contributed by atoms with van der Waals surface area (Å²) in [5.41, 5.74) is 5.28. The van der Waals surface area contributed by atoms with Crippen LogP contribution in [0, 0.1) is 13.8 Å². The van der Waals surface area contributed by atoms with E-state index in [1.54, 1.807) is 12.1 Å². The predicted octanol–water partition coefficient (Wildman–Crippen LogP) is 5.31. The summed E-state index contributed by atoms with van der Waals surface area (Å²) >= 11 is 0. The highest BCUT2D eigenvalue weighted by Gasteiger charge is 2.21. The second-order valence-electron chi connectivity index (χ2n) is 7.33. The molecule has 0 aliphatic carbocycles. The van der Waals surface area contributed by atoms with Crippen LogP contribution in [0.3, 0.4) is 0 Å². The largest absolute Gasteiger partial charge is 0.452 e. The molecular weight excluding hydrogens is 388 g/mol. The Morgan fingerprint density at radius 3 is 2.29 bits per heavy atom. The van der Waals surface area contributed by atoms with Crippen LogP contribution in [-0.4, -0.2) is 23.5 Å². The lowest BCUT2D eigenvalue weighted by atomic mass is 9.97. The SMILES string of the molecule is Cc1ccc(-c2nc3ccccc3c(C(=O)OCC(=O)Nc3ccccc3)c2C)cc1. The van der Waals surface area contributed by atoms with Gasteiger partial charge in [0.25, 0.3) is 5.91 Å². The number of hydrogen-bond donors (Lipinski definition) is 1. The van der Waals surface area contributed by atoms with Gasteiger partial charge in [0.05, 0.1) is 16.8 Å². The van der Waals surface area contributed by atoms with Gasteiger partial charge in [-0.25, -0.2) is 9.78 Å². The van der Waals surface area contributed by atoms with Gasteiger partial charge in [0.1, 0.15) is 0 Å². The van der Waals surface area contributed by atoms with Crippen LogP contribution in [0.25, 0.3) is 22.2 Å². The van der Waals surface area contributed by atoms with Crippen molar-refractivity contribution >= 4 is 28.5 Å². The first kappa shape index (κ1) is 20.3. The van der Waals surface area contributed by atoms with Crippen LogP contribution < -0.4 is 5.32 Å². The summed E-state index contributed by atoms with van der Waals surface area (Å²) in [4.78, 5) is 30.0. The lowest BCUT2D eigenvalue weighted by Crippen LogP contribution is -2.21. The van der Waals surface area contributed by atoms with Crippen molar-refractivity contribution in [2.75, 3.05) is 11.9 Å². The standard InChI is InChI=1S/C26H22N2O3/c1-17-12-14-19(15-13-17)25-18(2)24(21-10-6-7-11-22(21)28-25)26(30)31-16-23(29)27-20-8-4-3-5-9-20/h3-15H,16H2,1-2H3,(H,27,29). The first-order valence-electron chi connectivity index (χ1n) is 10.0. The number of fused-ring (bicyclic) bond motifs is 1. The van der Waals surface area contributed by atoms with E-state index in [2.05, 4.69) is 5.32 Å². The molecule has 0 bridgehead atoms. The molecule has 1 aromatic heterocycles. The van der Waals surface area contributed by atoms with E-state index in [0.29, 0.717) is 22.2 Å². The molecule has 1 N–H and O–H groups in total. The Hall–Kier alpha value is -3.99. The average Bonchev–Trinajstić information content (AvgIpc) is 2.78. The highest BCUT2D eigenvalue weighted by atomic mass is 16.5. The van der Waals surface area contributed by atoms with E-state index in [1.807, 2.05) is 80.6 Å². The molecule has 0 radical (unpaired) electrons. The number of para-hydroxylation sites is 2. The van der Waals surface area contributed by atoms with Gasteiger partial charge in [-0.15, -0.1) is 0 Å². The third kappa shape index (κ3) is 4.46. The van der Waals surface area contributed by atoms with Gasteiger partial charge in [-0.1, -0.05) is 66.2 Å². The Morgan fingerprint density at radius 1 is 0.871 bits per heavy atom. The third-order valence-corrected chi connectivity index (χ3v) is 5.06. The second kappa shape index (κ2) is 8.79. The summed E-state index contributed by atoms with van der Waals surface area (Å²) in [5, 5.41) is 3.41. The van der Waals surface area contributed by atoms with Crippen LogP contribution in [0.4, 0.5) is 5.69 Å². The van der Waals surface area contributed by atoms with Crippen LogP contribution in [-0.2, 0) is 9.53 Å². The fraction of sp³-hybridized carbons (Fsp3) is 0.115. The van der Waals surface area contributed by atoms with Gasteiger partial charge in [0.15, 0.2) is 6.61 Å². The number of amides is 1. The zero-order valence-corrected chi connectivity index (χ0v) is 17.4. The molecule has 31 heavy (non-hydrogen) atoms. The summed E-state index contributed by atoms with van der Waals surface area (Å²) in [5.74, 6) is -0.943. The topological polar surface area (TPSA) is 68.3 Å². The lowest BCUT2D eigenvalue weighted by Gasteiger charge is -2.14. The molecule has 5 heteroatoms. The summed E-state index contributed by atoms with van der Waals surface area (Å²) < 4.78 is 5.38. The number of rotatable bonds is 5. The summed E-state index contributed by atoms with van der Waals surface area (Å²) in [6.45, 7) is 3.51. The maximum Gasteiger partial charge on any atom is 0.339 e. The molecule has 0 fully saturated rings. The molecule has 1 amide bonds. The average molecular weight is 410 g/mol. The van der Waals surface area contributed by atoms with Crippen molar-refractivity contribution in [2.45, 2.75) is 13.8 Å². The van der Waals surface area contributed by atoms with E-state index < -0.39 is 11.9 Å². The normalized spacial score (nSPS) is 10.6. The number of esters is 1. The van der Waals surface area contributed by atoms with E-state index in [-0.39, 0.29) is 6.61 Å². The smallest absolute Gasteiger partial charge is 0.339 e. The Bertz CT molecular complexity index is 1250. The number of aryl methyl sites for hydroxylation is 1. The van der Waals surface area contributed by atoms with Crippen LogP contribution in [0.1, 0.15) is 21.5 Å². The molecule has 0 aliphatic rings. The fourth-order valence-corrected chi connectivity index (χ4v) is 3.48. The quantitative estimate of drug-likeness (QED) is 0.453. The molecule has 0 saturated heterocycles. The number of anilines is 1. The Labute approximate surface area is 180 Å². The number of pyridine rings is 1. The highest BCUT2D eigenvalue weighted by Crippen LogP contribution is 2.30. The number of hydrogen-bond acceptors (Lipinski definition) is 4. The van der Waals surface area contributed by atoms with E-state index in [9.17, 15) is 9.59 Å². The third-order valence-electron chi connectivity index (χ3n) is 5.06. The van der Waals surface area contributed by atoms with Crippen molar-refractivity contribution < 1.29 is 14.3 Å². The van der Waals surface area contributed by atoms with Crippen molar-refractivity contribution in [3.63, 3.8) is 0 Å². The number of aromatic nitrogens is 1. The summed E-state index contributed by atoms with van der Waals surface area (Å²) in [6.07, 6.45) is 0. The minimum atomic E-state index is -0.548. The molecule has 0 aliphatic heterocycles. The zero-order valence-electron chi connectivity index (χ0n) is 17.4. The van der Waals surface area contributed by atoms with Crippen molar-refractivity contribution in [2.24, 2.45) is 0 Å². The predicted molar refractivity (Wildman–Crippen MR) is 122 cm³/mol. The molecule has 4 aromatic rings. The Balaban J connectivity index is 1.64. The van der Waals surface area contributed by atoms with Crippen molar-refractivity contribution in [3.05, 3.63) is 95.6 Å². The van der Waals surface area contributed by atoms with E-state index in [0.717, 1.165) is 22.4 Å². The van der Waals surface area contributed by atoms with Crippen molar-refractivity contribution in [1.82, 2.24) is 4.98 Å². The molecule has 0 spiro atoms. The molecule has 0 atom stereocenters. The first-order valence-corrected chi connectivity index (χ1v) is 10.0. The molecule has 4 rings (SSSR count). The van der Waals surface area contributed by atoms with Crippen LogP contribution in [0.15, 0.2) is 78.9 Å². The number of ether oxygens (including phenoxy) is 1. The number of nitrogens with zero attached hydrogens (tertiary/aromatic N) is 1. The van der Waals surface area contributed by atoms with Gasteiger partial charge in [-0.05, 0) is 37.6 Å². The molecule has 0 saturated carbocycles. The summed E-state index contributed by atoms with van der Waals surface area (Å²) in [7, 11) is 0. The Morgan fingerprint density at radius 2 is 1.55 bits per heavy atom. The first-order chi connectivity index (χ1) is 15.0. The number of carbonyl (C=O) groups excluding carboxylic acids is 2. The minimum Gasteiger partial charge on any atom is -0.452 e. The van der Waals surface area contributed by atoms with Crippen molar-refractivity contribution in [1.29, 1.82) is 0 Å². The fourth-order valence-electron chi connectivity index (χ4n) is 3.48. The maximum atomic E-state index is 13.0. The van der Waals surface area contributed by atoms with Crippen LogP contribution in [0.5, 0.6) is 0 Å². The van der Waals surface area contributed by atoms with E-state index >= 15 is 0 Å². The zero-order chi connectivity index (χ0) is 21.8. The molecular formula is C26H22N2O3. The number of carbonyl (C=O) groups is 2. The van der Waals surface area contributed by atoms with Crippen molar-refractivity contribution in [3.8, 4) is 11.3 Å². The van der Waals surface area contributed by atoms with Gasteiger partial charge in [0.2, 0.25) is 0 Å². The monoisotopic (exact) mass is 410 g/mol. The van der Waals surface area contributed by atoms with Gasteiger partial charge in [0, 0.05) is 16.6 Å². The molecule has 3 aromatic carbocycles. The van der Waals surface area contributed by atoms with E-state index in [4.69, 9.17) is 9.72 Å². The van der Waals surface area contributed by atoms with E-state index in [1.165, 1.54) is 0 Å². The number of benzene rings is 3. The minimum absolute atomic E-state index is 0.371. The number of nitrogens with one attached hydrogen (secondary N) is 1. The van der Waals surface area contributed by atoms with Crippen LogP contribution in [0.2, 0.25) is 0 Å². The molecule has 154 valence electrons. The molecule has 0 unspecified atom stereocenters. The molecule has 5 nitrogen and oxygen atoms in total. The van der Waals surface area contributed by atoms with Gasteiger partial charge >= 0.3 is 5.97 Å².